The van der Waals surface area contributed by atoms with Crippen molar-refractivity contribution in [2.24, 2.45) is 4.99 Å². The highest BCUT2D eigenvalue weighted by Crippen LogP contribution is 2.33. The van der Waals surface area contributed by atoms with E-state index in [2.05, 4.69) is 50.4 Å². The molecule has 1 N–H and O–H groups in total. The molecule has 3 rings (SSSR count). The Balaban J connectivity index is 1.59. The number of methoxy groups -OCH3 is 3. The minimum atomic E-state index is 0.549. The lowest BCUT2D eigenvalue weighted by Crippen LogP contribution is -2.52. The summed E-state index contributed by atoms with van der Waals surface area (Å²) in [7, 11) is 6.75. The maximum Gasteiger partial charge on any atom is 0.194 e. The molecule has 0 amide bonds. The number of nitrogens with one attached hydrogen (secondary N) is 1. The summed E-state index contributed by atoms with van der Waals surface area (Å²) in [5.74, 6) is 3.03. The van der Waals surface area contributed by atoms with E-state index in [9.17, 15) is 0 Å². The molecular formula is C23H32N4O3. The van der Waals surface area contributed by atoms with Crippen LogP contribution in [-0.4, -0.2) is 70.3 Å². The van der Waals surface area contributed by atoms with Crippen molar-refractivity contribution in [3.63, 3.8) is 0 Å². The molecule has 2 aromatic carbocycles. The van der Waals surface area contributed by atoms with Gasteiger partial charge in [-0.25, -0.2) is 0 Å². The van der Waals surface area contributed by atoms with Crippen molar-refractivity contribution < 1.29 is 14.2 Å². The molecule has 1 heterocycles. The van der Waals surface area contributed by atoms with Crippen LogP contribution in [0.5, 0.6) is 17.2 Å². The van der Waals surface area contributed by atoms with Crippen molar-refractivity contribution in [2.45, 2.75) is 13.1 Å². The normalized spacial score (nSPS) is 15.1. The number of nitrogens with zero attached hydrogens (tertiary/aromatic N) is 3. The van der Waals surface area contributed by atoms with Gasteiger partial charge in [0.1, 0.15) is 17.2 Å². The molecule has 0 saturated carbocycles. The van der Waals surface area contributed by atoms with Gasteiger partial charge in [0.15, 0.2) is 5.96 Å². The van der Waals surface area contributed by atoms with Crippen LogP contribution in [0.15, 0.2) is 47.5 Å². The lowest BCUT2D eigenvalue weighted by atomic mass is 10.1. The van der Waals surface area contributed by atoms with E-state index in [4.69, 9.17) is 14.2 Å². The van der Waals surface area contributed by atoms with Gasteiger partial charge in [0.25, 0.3) is 0 Å². The van der Waals surface area contributed by atoms with Crippen LogP contribution in [0.3, 0.4) is 0 Å². The number of piperazine rings is 1. The molecule has 0 aromatic heterocycles. The minimum absolute atomic E-state index is 0.549. The molecule has 1 aliphatic rings. The summed E-state index contributed by atoms with van der Waals surface area (Å²) in [5.41, 5.74) is 2.29. The van der Waals surface area contributed by atoms with Crippen LogP contribution in [0, 0.1) is 0 Å². The Morgan fingerprint density at radius 1 is 0.933 bits per heavy atom. The maximum atomic E-state index is 5.55. The third-order valence-electron chi connectivity index (χ3n) is 5.37. The molecule has 1 aliphatic heterocycles. The van der Waals surface area contributed by atoms with E-state index in [0.717, 1.165) is 55.7 Å². The Morgan fingerprint density at radius 2 is 1.57 bits per heavy atom. The molecular weight excluding hydrogens is 380 g/mol. The van der Waals surface area contributed by atoms with Gasteiger partial charge in [0.2, 0.25) is 0 Å². The highest BCUT2D eigenvalue weighted by molar-refractivity contribution is 5.80. The van der Waals surface area contributed by atoms with Crippen molar-refractivity contribution in [1.82, 2.24) is 15.1 Å². The van der Waals surface area contributed by atoms with Gasteiger partial charge in [-0.15, -0.1) is 0 Å². The highest BCUT2D eigenvalue weighted by atomic mass is 16.5. The minimum Gasteiger partial charge on any atom is -0.496 e. The molecule has 1 saturated heterocycles. The average molecular weight is 413 g/mol. The van der Waals surface area contributed by atoms with Gasteiger partial charge in [-0.3, -0.25) is 9.89 Å². The predicted molar refractivity (Wildman–Crippen MR) is 120 cm³/mol. The monoisotopic (exact) mass is 412 g/mol. The van der Waals surface area contributed by atoms with E-state index in [1.54, 1.807) is 21.3 Å². The number of benzene rings is 2. The van der Waals surface area contributed by atoms with Crippen LogP contribution in [0.4, 0.5) is 0 Å². The molecule has 30 heavy (non-hydrogen) atoms. The quantitative estimate of drug-likeness (QED) is 0.557. The lowest BCUT2D eigenvalue weighted by Gasteiger charge is -2.36. The summed E-state index contributed by atoms with van der Waals surface area (Å²) in [4.78, 5) is 9.26. The van der Waals surface area contributed by atoms with E-state index >= 15 is 0 Å². The molecule has 0 unspecified atom stereocenters. The zero-order valence-electron chi connectivity index (χ0n) is 18.4. The first-order valence-corrected chi connectivity index (χ1v) is 10.2. The fourth-order valence-electron chi connectivity index (χ4n) is 3.71. The Hall–Kier alpha value is -2.93. The van der Waals surface area contributed by atoms with Crippen molar-refractivity contribution in [3.8, 4) is 17.2 Å². The number of rotatable bonds is 7. The first-order chi connectivity index (χ1) is 14.7. The molecule has 0 spiro atoms. The Bertz CT molecular complexity index is 809. The lowest BCUT2D eigenvalue weighted by molar-refractivity contribution is 0.172. The van der Waals surface area contributed by atoms with Gasteiger partial charge in [-0.1, -0.05) is 30.3 Å². The summed E-state index contributed by atoms with van der Waals surface area (Å²) in [6.45, 7) is 5.41. The van der Waals surface area contributed by atoms with Crippen molar-refractivity contribution in [2.75, 3.05) is 54.6 Å². The molecule has 2 aromatic rings. The van der Waals surface area contributed by atoms with Crippen molar-refractivity contribution in [3.05, 3.63) is 53.6 Å². The molecule has 7 nitrogen and oxygen atoms in total. The first kappa shape index (κ1) is 21.8. The number of hydrogen-bond donors (Lipinski definition) is 1. The Labute approximate surface area is 179 Å². The SMILES string of the molecule is CN=C(NCc1c(OC)cc(OC)cc1OC)N1CCN(Cc2ccccc2)CC1. The second-order valence-electron chi connectivity index (χ2n) is 7.16. The Morgan fingerprint density at radius 3 is 2.10 bits per heavy atom. The second-order valence-corrected chi connectivity index (χ2v) is 7.16. The molecule has 0 atom stereocenters. The summed E-state index contributed by atoms with van der Waals surface area (Å²) in [5, 5.41) is 3.46. The number of ether oxygens (including phenoxy) is 3. The molecule has 0 radical (unpaired) electrons. The van der Waals surface area contributed by atoms with Crippen LogP contribution in [0.2, 0.25) is 0 Å². The number of aliphatic imine (C=N–C) groups is 1. The molecule has 7 heteroatoms. The van der Waals surface area contributed by atoms with Crippen LogP contribution >= 0.6 is 0 Å². The van der Waals surface area contributed by atoms with Gasteiger partial charge in [-0.05, 0) is 5.56 Å². The van der Waals surface area contributed by atoms with E-state index in [1.165, 1.54) is 5.56 Å². The zero-order chi connectivity index (χ0) is 21.3. The van der Waals surface area contributed by atoms with Crippen molar-refractivity contribution >= 4 is 5.96 Å². The van der Waals surface area contributed by atoms with E-state index in [-0.39, 0.29) is 0 Å². The summed E-state index contributed by atoms with van der Waals surface area (Å²) >= 11 is 0. The van der Waals surface area contributed by atoms with Crippen LogP contribution in [0.25, 0.3) is 0 Å². The largest absolute Gasteiger partial charge is 0.496 e. The van der Waals surface area contributed by atoms with Crippen LogP contribution in [0.1, 0.15) is 11.1 Å². The van der Waals surface area contributed by atoms with Crippen LogP contribution in [-0.2, 0) is 13.1 Å². The fourth-order valence-corrected chi connectivity index (χ4v) is 3.71. The highest BCUT2D eigenvalue weighted by Gasteiger charge is 2.21. The smallest absolute Gasteiger partial charge is 0.194 e. The number of hydrogen-bond acceptors (Lipinski definition) is 5. The number of guanidine groups is 1. The fraction of sp³-hybridized carbons (Fsp3) is 0.435. The third-order valence-corrected chi connectivity index (χ3v) is 5.37. The summed E-state index contributed by atoms with van der Waals surface area (Å²) < 4.78 is 16.4. The average Bonchev–Trinajstić information content (AvgIpc) is 2.80. The predicted octanol–water partition coefficient (Wildman–Crippen LogP) is 2.61. The molecule has 0 bridgehead atoms. The van der Waals surface area contributed by atoms with Gasteiger partial charge < -0.3 is 24.4 Å². The molecule has 1 fully saturated rings. The standard InChI is InChI=1S/C23H32N4O3/c1-24-23(25-16-20-21(29-3)14-19(28-2)15-22(20)30-4)27-12-10-26(11-13-27)17-18-8-6-5-7-9-18/h5-9,14-15H,10-13,16-17H2,1-4H3,(H,24,25). The molecule has 0 aliphatic carbocycles. The Kier molecular flexibility index (Phi) is 7.79. The second kappa shape index (κ2) is 10.7. The van der Waals surface area contributed by atoms with E-state index in [0.29, 0.717) is 12.3 Å². The summed E-state index contributed by atoms with van der Waals surface area (Å²) in [6, 6.07) is 14.3. The third kappa shape index (κ3) is 5.36. The first-order valence-electron chi connectivity index (χ1n) is 10.2. The topological polar surface area (TPSA) is 58.6 Å². The van der Waals surface area contributed by atoms with E-state index in [1.807, 2.05) is 19.2 Å². The van der Waals surface area contributed by atoms with Crippen molar-refractivity contribution in [1.29, 1.82) is 0 Å². The molecule has 162 valence electrons. The summed E-state index contributed by atoms with van der Waals surface area (Å²) in [6.07, 6.45) is 0. The van der Waals surface area contributed by atoms with Gasteiger partial charge >= 0.3 is 0 Å². The maximum absolute atomic E-state index is 5.55. The van der Waals surface area contributed by atoms with Gasteiger partial charge in [0, 0.05) is 51.9 Å². The van der Waals surface area contributed by atoms with Crippen LogP contribution < -0.4 is 19.5 Å². The van der Waals surface area contributed by atoms with E-state index < -0.39 is 0 Å². The van der Waals surface area contributed by atoms with Gasteiger partial charge in [0.05, 0.1) is 33.4 Å². The van der Waals surface area contributed by atoms with Gasteiger partial charge in [-0.2, -0.15) is 0 Å². The zero-order valence-corrected chi connectivity index (χ0v) is 18.4.